The molecule has 18 heavy (non-hydrogen) atoms. The number of nitriles is 1. The summed E-state index contributed by atoms with van der Waals surface area (Å²) in [6.07, 6.45) is 0.196. The maximum Gasteiger partial charge on any atom is 0.282 e. The van der Waals surface area contributed by atoms with Gasteiger partial charge in [0.2, 0.25) is 0 Å². The summed E-state index contributed by atoms with van der Waals surface area (Å²) >= 11 is 0. The average Bonchev–Trinajstić information content (AvgIpc) is 2.34. The summed E-state index contributed by atoms with van der Waals surface area (Å²) in [6, 6.07) is 6.32. The number of carbonyl (C=O) groups excluding carboxylic acids is 1. The van der Waals surface area contributed by atoms with Crippen LogP contribution in [0.3, 0.4) is 0 Å². The smallest absolute Gasteiger partial charge is 0.282 e. The van der Waals surface area contributed by atoms with Gasteiger partial charge in [0.15, 0.2) is 0 Å². The Morgan fingerprint density at radius 3 is 2.78 bits per heavy atom. The van der Waals surface area contributed by atoms with Crippen LogP contribution >= 0.6 is 0 Å². The summed E-state index contributed by atoms with van der Waals surface area (Å²) < 4.78 is 0. The van der Waals surface area contributed by atoms with Gasteiger partial charge in [-0.15, -0.1) is 0 Å². The van der Waals surface area contributed by atoms with Gasteiger partial charge in [0.1, 0.15) is 5.56 Å². The van der Waals surface area contributed by atoms with Gasteiger partial charge in [0.05, 0.1) is 17.4 Å². The van der Waals surface area contributed by atoms with Gasteiger partial charge < -0.3 is 4.90 Å². The van der Waals surface area contributed by atoms with E-state index in [1.165, 1.54) is 24.1 Å². The van der Waals surface area contributed by atoms with E-state index in [9.17, 15) is 14.9 Å². The first kappa shape index (κ1) is 13.6. The highest BCUT2D eigenvalue weighted by molar-refractivity contribution is 5.98. The van der Waals surface area contributed by atoms with Crippen LogP contribution in [0.2, 0.25) is 0 Å². The molecule has 0 heterocycles. The molecule has 1 amide bonds. The highest BCUT2D eigenvalue weighted by atomic mass is 16.6. The van der Waals surface area contributed by atoms with Gasteiger partial charge in [-0.2, -0.15) is 5.26 Å². The monoisotopic (exact) mass is 247 g/mol. The van der Waals surface area contributed by atoms with Crippen molar-refractivity contribution in [2.24, 2.45) is 0 Å². The van der Waals surface area contributed by atoms with E-state index >= 15 is 0 Å². The van der Waals surface area contributed by atoms with Crippen LogP contribution in [-0.2, 0) is 0 Å². The second kappa shape index (κ2) is 5.77. The molecule has 0 saturated heterocycles. The molecule has 0 unspecified atom stereocenters. The first-order chi connectivity index (χ1) is 8.47. The van der Waals surface area contributed by atoms with E-state index in [2.05, 4.69) is 0 Å². The average molecular weight is 247 g/mol. The molecule has 0 bridgehead atoms. The van der Waals surface area contributed by atoms with Crippen molar-refractivity contribution in [1.82, 2.24) is 4.90 Å². The Labute approximate surface area is 105 Å². The number of amides is 1. The Kier molecular flexibility index (Phi) is 4.38. The van der Waals surface area contributed by atoms with Crippen molar-refractivity contribution < 1.29 is 9.72 Å². The molecule has 0 atom stereocenters. The Morgan fingerprint density at radius 2 is 2.22 bits per heavy atom. The van der Waals surface area contributed by atoms with Crippen molar-refractivity contribution in [3.05, 3.63) is 39.4 Å². The van der Waals surface area contributed by atoms with Gasteiger partial charge in [-0.25, -0.2) is 0 Å². The second-order valence-corrected chi connectivity index (χ2v) is 3.91. The largest absolute Gasteiger partial charge is 0.340 e. The Hall–Kier alpha value is -2.42. The lowest BCUT2D eigenvalue weighted by molar-refractivity contribution is -0.385. The van der Waals surface area contributed by atoms with Gasteiger partial charge in [-0.05, 0) is 18.6 Å². The standard InChI is InChI=1S/C12H13N3O3/c1-9-4-5-11(15(17)18)10(8-9)12(16)14(2)7-3-6-13/h4-5,8H,3,7H2,1-2H3. The van der Waals surface area contributed by atoms with E-state index in [-0.39, 0.29) is 24.2 Å². The molecule has 1 aromatic carbocycles. The van der Waals surface area contributed by atoms with Crippen molar-refractivity contribution in [1.29, 1.82) is 5.26 Å². The summed E-state index contributed by atoms with van der Waals surface area (Å²) in [4.78, 5) is 23.6. The first-order valence-electron chi connectivity index (χ1n) is 5.35. The van der Waals surface area contributed by atoms with Crippen LogP contribution in [-0.4, -0.2) is 29.3 Å². The van der Waals surface area contributed by atoms with Gasteiger partial charge in [0, 0.05) is 19.7 Å². The topological polar surface area (TPSA) is 87.2 Å². The first-order valence-corrected chi connectivity index (χ1v) is 5.35. The van der Waals surface area contributed by atoms with Crippen LogP contribution in [0.15, 0.2) is 18.2 Å². The van der Waals surface area contributed by atoms with Crippen LogP contribution in [0.25, 0.3) is 0 Å². The third kappa shape index (κ3) is 3.04. The molecule has 0 radical (unpaired) electrons. The second-order valence-electron chi connectivity index (χ2n) is 3.91. The number of nitrogens with zero attached hydrogens (tertiary/aromatic N) is 3. The molecular weight excluding hydrogens is 234 g/mol. The molecule has 0 saturated carbocycles. The molecular formula is C12H13N3O3. The van der Waals surface area contributed by atoms with E-state index in [0.717, 1.165) is 5.56 Å². The van der Waals surface area contributed by atoms with Crippen LogP contribution < -0.4 is 0 Å². The minimum atomic E-state index is -0.579. The number of nitro benzene ring substituents is 1. The highest BCUT2D eigenvalue weighted by Gasteiger charge is 2.22. The van der Waals surface area contributed by atoms with Gasteiger partial charge in [-0.1, -0.05) is 6.07 Å². The lowest BCUT2D eigenvalue weighted by Crippen LogP contribution is -2.28. The third-order valence-corrected chi connectivity index (χ3v) is 2.48. The molecule has 0 N–H and O–H groups in total. The number of nitro groups is 1. The Balaban J connectivity index is 3.08. The summed E-state index contributed by atoms with van der Waals surface area (Å²) in [6.45, 7) is 2.01. The Bertz CT molecular complexity index is 520. The zero-order chi connectivity index (χ0) is 13.7. The maximum absolute atomic E-state index is 12.0. The summed E-state index contributed by atoms with van der Waals surface area (Å²) in [5.74, 6) is -0.444. The normalized spacial score (nSPS) is 9.61. The molecule has 94 valence electrons. The number of aryl methyl sites for hydroxylation is 1. The number of benzene rings is 1. The van der Waals surface area contributed by atoms with Crippen molar-refractivity contribution in [3.63, 3.8) is 0 Å². The quantitative estimate of drug-likeness (QED) is 0.600. The third-order valence-electron chi connectivity index (χ3n) is 2.48. The molecule has 1 rings (SSSR count). The number of hydrogen-bond acceptors (Lipinski definition) is 4. The molecule has 6 nitrogen and oxygen atoms in total. The van der Waals surface area contributed by atoms with Crippen LogP contribution in [0, 0.1) is 28.4 Å². The summed E-state index contributed by atoms with van der Waals surface area (Å²) in [7, 11) is 1.52. The number of carbonyl (C=O) groups is 1. The molecule has 0 aliphatic heterocycles. The molecule has 6 heteroatoms. The van der Waals surface area contributed by atoms with E-state index in [1.807, 2.05) is 6.07 Å². The van der Waals surface area contributed by atoms with Crippen molar-refractivity contribution in [2.45, 2.75) is 13.3 Å². The van der Waals surface area contributed by atoms with Gasteiger partial charge in [-0.3, -0.25) is 14.9 Å². The SMILES string of the molecule is Cc1ccc([N+](=O)[O-])c(C(=O)N(C)CCC#N)c1. The minimum Gasteiger partial charge on any atom is -0.340 e. The molecule has 0 fully saturated rings. The van der Waals surface area contributed by atoms with E-state index in [1.54, 1.807) is 13.0 Å². The van der Waals surface area contributed by atoms with E-state index < -0.39 is 10.8 Å². The molecule has 0 spiro atoms. The predicted molar refractivity (Wildman–Crippen MR) is 65.0 cm³/mol. The van der Waals surface area contributed by atoms with Gasteiger partial charge >= 0.3 is 0 Å². The summed E-state index contributed by atoms with van der Waals surface area (Å²) in [5, 5.41) is 19.3. The minimum absolute atomic E-state index is 0.0560. The lowest BCUT2D eigenvalue weighted by Gasteiger charge is -2.15. The molecule has 0 aliphatic rings. The lowest BCUT2D eigenvalue weighted by atomic mass is 10.1. The van der Waals surface area contributed by atoms with Crippen molar-refractivity contribution >= 4 is 11.6 Å². The fourth-order valence-electron chi connectivity index (χ4n) is 1.51. The van der Waals surface area contributed by atoms with Crippen LogP contribution in [0.5, 0.6) is 0 Å². The fraction of sp³-hybridized carbons (Fsp3) is 0.333. The fourth-order valence-corrected chi connectivity index (χ4v) is 1.51. The highest BCUT2D eigenvalue weighted by Crippen LogP contribution is 2.21. The Morgan fingerprint density at radius 1 is 1.56 bits per heavy atom. The van der Waals surface area contributed by atoms with Crippen molar-refractivity contribution in [3.8, 4) is 6.07 Å². The molecule has 1 aromatic rings. The van der Waals surface area contributed by atoms with E-state index in [4.69, 9.17) is 5.26 Å². The van der Waals surface area contributed by atoms with Crippen LogP contribution in [0.1, 0.15) is 22.3 Å². The summed E-state index contributed by atoms with van der Waals surface area (Å²) in [5.41, 5.74) is 0.618. The predicted octanol–water partition coefficient (Wildman–Crippen LogP) is 1.89. The van der Waals surface area contributed by atoms with Crippen molar-refractivity contribution in [2.75, 3.05) is 13.6 Å². The molecule has 0 aliphatic carbocycles. The van der Waals surface area contributed by atoms with E-state index in [0.29, 0.717) is 0 Å². The van der Waals surface area contributed by atoms with Crippen LogP contribution in [0.4, 0.5) is 5.69 Å². The number of rotatable bonds is 4. The zero-order valence-corrected chi connectivity index (χ0v) is 10.2. The molecule has 0 aromatic heterocycles. The maximum atomic E-state index is 12.0. The zero-order valence-electron chi connectivity index (χ0n) is 10.2. The number of hydrogen-bond donors (Lipinski definition) is 0. The van der Waals surface area contributed by atoms with Gasteiger partial charge in [0.25, 0.3) is 11.6 Å².